The molecule has 0 unspecified atom stereocenters. The number of amides is 2. The van der Waals surface area contributed by atoms with Crippen LogP contribution in [0.2, 0.25) is 10.0 Å². The van der Waals surface area contributed by atoms with E-state index in [1.807, 2.05) is 43.3 Å². The third kappa shape index (κ3) is 4.41. The van der Waals surface area contributed by atoms with Crippen molar-refractivity contribution in [3.63, 3.8) is 0 Å². The van der Waals surface area contributed by atoms with E-state index in [4.69, 9.17) is 23.2 Å². The van der Waals surface area contributed by atoms with Crippen LogP contribution >= 0.6 is 23.2 Å². The molecule has 0 saturated carbocycles. The molecule has 1 heterocycles. The molecule has 0 aliphatic rings. The van der Waals surface area contributed by atoms with Gasteiger partial charge in [-0.3, -0.25) is 4.98 Å². The average molecular weight is 374 g/mol. The monoisotopic (exact) mass is 373 g/mol. The van der Waals surface area contributed by atoms with Crippen molar-refractivity contribution in [2.75, 3.05) is 11.9 Å². The van der Waals surface area contributed by atoms with Gasteiger partial charge in [-0.2, -0.15) is 0 Å². The molecule has 0 bridgehead atoms. The summed E-state index contributed by atoms with van der Waals surface area (Å²) in [5.41, 5.74) is 2.68. The number of nitrogens with one attached hydrogen (secondary N) is 2. The molecule has 0 fully saturated rings. The van der Waals surface area contributed by atoms with Gasteiger partial charge in [0.05, 0.1) is 15.7 Å². The molecule has 2 aromatic carbocycles. The number of carbonyl (C=O) groups excluding carboxylic acids is 1. The molecule has 0 aliphatic heterocycles. The molecule has 2 amide bonds. The Labute approximate surface area is 156 Å². The van der Waals surface area contributed by atoms with E-state index < -0.39 is 0 Å². The maximum Gasteiger partial charge on any atom is 0.319 e. The number of fused-ring (bicyclic) bond motifs is 1. The van der Waals surface area contributed by atoms with E-state index in [0.717, 1.165) is 27.7 Å². The van der Waals surface area contributed by atoms with Crippen molar-refractivity contribution in [1.82, 2.24) is 10.3 Å². The van der Waals surface area contributed by atoms with Crippen molar-refractivity contribution < 1.29 is 4.79 Å². The van der Waals surface area contributed by atoms with E-state index in [0.29, 0.717) is 23.0 Å². The van der Waals surface area contributed by atoms with Crippen molar-refractivity contribution in [2.24, 2.45) is 0 Å². The van der Waals surface area contributed by atoms with Crippen molar-refractivity contribution in [2.45, 2.75) is 13.3 Å². The Morgan fingerprint density at radius 3 is 2.76 bits per heavy atom. The molecule has 0 spiro atoms. The third-order valence-electron chi connectivity index (χ3n) is 3.83. The Bertz CT molecular complexity index is 928. The number of benzene rings is 2. The molecule has 128 valence electrons. The lowest BCUT2D eigenvalue weighted by molar-refractivity contribution is 0.252. The molecule has 2 N–H and O–H groups in total. The summed E-state index contributed by atoms with van der Waals surface area (Å²) in [5, 5.41) is 8.74. The number of aromatic nitrogens is 1. The summed E-state index contributed by atoms with van der Waals surface area (Å²) >= 11 is 11.9. The standard InChI is InChI=1S/C19H17Cl2N3O/c1-12-9-15-14(11-23-12)3-2-4-18(15)24-19(25)22-8-7-13-5-6-16(20)17(21)10-13/h2-6,9-11H,7-8H2,1H3,(H2,22,24,25). The minimum Gasteiger partial charge on any atom is -0.338 e. The fourth-order valence-electron chi connectivity index (χ4n) is 2.57. The zero-order chi connectivity index (χ0) is 17.8. The van der Waals surface area contributed by atoms with E-state index in [1.165, 1.54) is 0 Å². The Morgan fingerprint density at radius 1 is 1.12 bits per heavy atom. The largest absolute Gasteiger partial charge is 0.338 e. The zero-order valence-corrected chi connectivity index (χ0v) is 15.2. The van der Waals surface area contributed by atoms with Gasteiger partial charge in [0.2, 0.25) is 0 Å². The van der Waals surface area contributed by atoms with Crippen LogP contribution in [0.15, 0.2) is 48.7 Å². The van der Waals surface area contributed by atoms with E-state index in [1.54, 1.807) is 12.3 Å². The lowest BCUT2D eigenvalue weighted by Gasteiger charge is -2.11. The van der Waals surface area contributed by atoms with Gasteiger partial charge in [0, 0.05) is 29.2 Å². The van der Waals surface area contributed by atoms with Crippen molar-refractivity contribution >= 4 is 45.7 Å². The van der Waals surface area contributed by atoms with Gasteiger partial charge in [-0.25, -0.2) is 4.79 Å². The molecule has 1 aromatic heterocycles. The van der Waals surface area contributed by atoms with Gasteiger partial charge in [0.25, 0.3) is 0 Å². The van der Waals surface area contributed by atoms with Crippen LogP contribution in [-0.2, 0) is 6.42 Å². The predicted octanol–water partition coefficient (Wildman–Crippen LogP) is 5.21. The fourth-order valence-corrected chi connectivity index (χ4v) is 2.89. The number of anilines is 1. The van der Waals surface area contributed by atoms with Gasteiger partial charge < -0.3 is 10.6 Å². The smallest absolute Gasteiger partial charge is 0.319 e. The second kappa shape index (κ2) is 7.72. The molecule has 0 atom stereocenters. The second-order valence-electron chi connectivity index (χ2n) is 5.73. The second-order valence-corrected chi connectivity index (χ2v) is 6.55. The van der Waals surface area contributed by atoms with Crippen molar-refractivity contribution in [3.8, 4) is 0 Å². The Hall–Kier alpha value is -2.30. The summed E-state index contributed by atoms with van der Waals surface area (Å²) in [4.78, 5) is 16.4. The quantitative estimate of drug-likeness (QED) is 0.658. The SMILES string of the molecule is Cc1cc2c(NC(=O)NCCc3ccc(Cl)c(Cl)c3)cccc2cn1. The number of nitrogens with zero attached hydrogens (tertiary/aromatic N) is 1. The van der Waals surface area contributed by atoms with Crippen molar-refractivity contribution in [1.29, 1.82) is 0 Å². The summed E-state index contributed by atoms with van der Waals surface area (Å²) < 4.78 is 0. The number of hydrogen-bond donors (Lipinski definition) is 2. The highest BCUT2D eigenvalue weighted by atomic mass is 35.5. The molecule has 3 rings (SSSR count). The minimum atomic E-state index is -0.248. The highest BCUT2D eigenvalue weighted by molar-refractivity contribution is 6.42. The highest BCUT2D eigenvalue weighted by Crippen LogP contribution is 2.24. The van der Waals surface area contributed by atoms with Gasteiger partial charge in [0.15, 0.2) is 0 Å². The first-order valence-electron chi connectivity index (χ1n) is 7.87. The van der Waals surface area contributed by atoms with E-state index >= 15 is 0 Å². The molecule has 25 heavy (non-hydrogen) atoms. The van der Waals surface area contributed by atoms with Gasteiger partial charge in [-0.15, -0.1) is 0 Å². The Balaban J connectivity index is 1.61. The van der Waals surface area contributed by atoms with Gasteiger partial charge in [-0.1, -0.05) is 41.4 Å². The number of urea groups is 1. The molecular formula is C19H17Cl2N3O. The average Bonchev–Trinajstić information content (AvgIpc) is 2.58. The lowest BCUT2D eigenvalue weighted by Crippen LogP contribution is -2.30. The normalized spacial score (nSPS) is 10.7. The molecule has 0 radical (unpaired) electrons. The summed E-state index contributed by atoms with van der Waals surface area (Å²) in [7, 11) is 0. The van der Waals surface area contributed by atoms with E-state index in [2.05, 4.69) is 15.6 Å². The number of halogens is 2. The number of pyridine rings is 1. The van der Waals surface area contributed by atoms with Gasteiger partial charge >= 0.3 is 6.03 Å². The molecule has 0 aliphatic carbocycles. The van der Waals surface area contributed by atoms with Crippen LogP contribution in [0.4, 0.5) is 10.5 Å². The van der Waals surface area contributed by atoms with Gasteiger partial charge in [-0.05, 0) is 43.2 Å². The first-order chi connectivity index (χ1) is 12.0. The maximum absolute atomic E-state index is 12.2. The number of carbonyl (C=O) groups is 1. The van der Waals surface area contributed by atoms with E-state index in [9.17, 15) is 4.79 Å². The first kappa shape index (κ1) is 17.5. The van der Waals surface area contributed by atoms with Crippen LogP contribution < -0.4 is 10.6 Å². The summed E-state index contributed by atoms with van der Waals surface area (Å²) in [6.45, 7) is 2.42. The fraction of sp³-hybridized carbons (Fsp3) is 0.158. The topological polar surface area (TPSA) is 54.0 Å². The maximum atomic E-state index is 12.2. The molecule has 4 nitrogen and oxygen atoms in total. The van der Waals surface area contributed by atoms with Crippen molar-refractivity contribution in [3.05, 3.63) is 70.0 Å². The zero-order valence-electron chi connectivity index (χ0n) is 13.6. The first-order valence-corrected chi connectivity index (χ1v) is 8.63. The van der Waals surface area contributed by atoms with Crippen LogP contribution in [0, 0.1) is 6.92 Å². The molecule has 3 aromatic rings. The van der Waals surface area contributed by atoms with Crippen LogP contribution in [0.5, 0.6) is 0 Å². The minimum absolute atomic E-state index is 0.248. The van der Waals surface area contributed by atoms with E-state index in [-0.39, 0.29) is 6.03 Å². The number of hydrogen-bond acceptors (Lipinski definition) is 2. The van der Waals surface area contributed by atoms with Crippen LogP contribution in [-0.4, -0.2) is 17.6 Å². The summed E-state index contributed by atoms with van der Waals surface area (Å²) in [5.74, 6) is 0. The third-order valence-corrected chi connectivity index (χ3v) is 4.57. The molecular weight excluding hydrogens is 357 g/mol. The molecule has 6 heteroatoms. The van der Waals surface area contributed by atoms with Crippen LogP contribution in [0.1, 0.15) is 11.3 Å². The Kier molecular flexibility index (Phi) is 5.41. The molecule has 0 saturated heterocycles. The predicted molar refractivity (Wildman–Crippen MR) is 104 cm³/mol. The van der Waals surface area contributed by atoms with Gasteiger partial charge in [0.1, 0.15) is 0 Å². The van der Waals surface area contributed by atoms with Crippen LogP contribution in [0.25, 0.3) is 10.8 Å². The lowest BCUT2D eigenvalue weighted by atomic mass is 10.1. The summed E-state index contributed by atoms with van der Waals surface area (Å²) in [6, 6.07) is 12.9. The van der Waals surface area contributed by atoms with Crippen LogP contribution in [0.3, 0.4) is 0 Å². The number of aryl methyl sites for hydroxylation is 1. The summed E-state index contributed by atoms with van der Waals surface area (Å²) in [6.07, 6.45) is 2.47. The Morgan fingerprint density at radius 2 is 1.96 bits per heavy atom. The number of rotatable bonds is 4. The highest BCUT2D eigenvalue weighted by Gasteiger charge is 2.06.